The summed E-state index contributed by atoms with van der Waals surface area (Å²) < 4.78 is 6.03. The minimum atomic E-state index is 0.569. The number of para-hydroxylation sites is 1. The van der Waals surface area contributed by atoms with Crippen LogP contribution in [-0.4, -0.2) is 12.0 Å². The highest BCUT2D eigenvalue weighted by Crippen LogP contribution is 2.42. The first kappa shape index (κ1) is 14.5. The molecule has 1 fully saturated rings. The van der Waals surface area contributed by atoms with Crippen LogP contribution in [-0.2, 0) is 13.2 Å². The number of aryl methyl sites for hydroxylation is 2. The number of ether oxygens (including phenoxy) is 1. The van der Waals surface area contributed by atoms with Crippen LogP contribution in [0, 0.1) is 13.8 Å². The predicted octanol–water partition coefficient (Wildman–Crippen LogP) is 3.94. The number of hydrogen-bond acceptors (Lipinski definition) is 4. The van der Waals surface area contributed by atoms with Gasteiger partial charge in [0, 0.05) is 17.3 Å². The normalized spacial score (nSPS) is 14.4. The molecule has 0 radical (unpaired) electrons. The van der Waals surface area contributed by atoms with Crippen LogP contribution < -0.4 is 10.1 Å². The number of rotatable bonds is 6. The summed E-state index contributed by atoms with van der Waals surface area (Å²) >= 11 is 1.78. The molecule has 3 rings (SSSR count). The topological polar surface area (TPSA) is 34.1 Å². The Morgan fingerprint density at radius 1 is 1.29 bits per heavy atom. The Kier molecular flexibility index (Phi) is 4.27. The summed E-state index contributed by atoms with van der Waals surface area (Å²) in [5, 5.41) is 4.33. The fraction of sp³-hybridized carbons (Fsp3) is 0.471. The van der Waals surface area contributed by atoms with Crippen molar-refractivity contribution in [3.8, 4) is 5.75 Å². The first-order valence-electron chi connectivity index (χ1n) is 7.51. The van der Waals surface area contributed by atoms with Gasteiger partial charge in [-0.15, -0.1) is 11.3 Å². The van der Waals surface area contributed by atoms with E-state index in [0.29, 0.717) is 12.5 Å². The standard InChI is InChI=1S/C17H22N2OS/c1-11-5-4-6-12(2)17(11)20-10-15-19-16(13-7-8-13)14(21-15)9-18-3/h4-6,13,18H,7-10H2,1-3H3. The lowest BCUT2D eigenvalue weighted by Gasteiger charge is -2.10. The maximum atomic E-state index is 6.03. The molecule has 1 aliphatic rings. The number of nitrogens with zero attached hydrogens (tertiary/aromatic N) is 1. The number of nitrogens with one attached hydrogen (secondary N) is 1. The fourth-order valence-corrected chi connectivity index (χ4v) is 3.68. The molecule has 112 valence electrons. The maximum Gasteiger partial charge on any atom is 0.140 e. The van der Waals surface area contributed by atoms with Gasteiger partial charge in [-0.1, -0.05) is 18.2 Å². The van der Waals surface area contributed by atoms with Crippen molar-refractivity contribution in [2.24, 2.45) is 0 Å². The molecular weight excluding hydrogens is 280 g/mol. The van der Waals surface area contributed by atoms with E-state index in [1.807, 2.05) is 7.05 Å². The molecule has 1 aromatic heterocycles. The summed E-state index contributed by atoms with van der Waals surface area (Å²) in [5.74, 6) is 1.69. The number of benzene rings is 1. The Morgan fingerprint density at radius 2 is 2.00 bits per heavy atom. The average molecular weight is 302 g/mol. The van der Waals surface area contributed by atoms with Gasteiger partial charge in [-0.05, 0) is 44.9 Å². The summed E-state index contributed by atoms with van der Waals surface area (Å²) in [6.07, 6.45) is 2.58. The average Bonchev–Trinajstić information content (AvgIpc) is 3.22. The van der Waals surface area contributed by atoms with Crippen LogP contribution in [0.15, 0.2) is 18.2 Å². The molecule has 0 spiro atoms. The number of thiazole rings is 1. The Hall–Kier alpha value is -1.39. The van der Waals surface area contributed by atoms with E-state index >= 15 is 0 Å². The lowest BCUT2D eigenvalue weighted by molar-refractivity contribution is 0.301. The van der Waals surface area contributed by atoms with E-state index in [1.54, 1.807) is 11.3 Å². The SMILES string of the molecule is CNCc1sc(COc2c(C)cccc2C)nc1C1CC1. The zero-order valence-electron chi connectivity index (χ0n) is 12.9. The molecule has 4 heteroatoms. The maximum absolute atomic E-state index is 6.03. The number of hydrogen-bond donors (Lipinski definition) is 1. The molecular formula is C17H22N2OS. The third kappa shape index (κ3) is 3.27. The molecule has 0 bridgehead atoms. The van der Waals surface area contributed by atoms with Gasteiger partial charge in [-0.2, -0.15) is 0 Å². The molecule has 0 aliphatic heterocycles. The molecule has 1 aliphatic carbocycles. The molecule has 1 N–H and O–H groups in total. The van der Waals surface area contributed by atoms with Gasteiger partial charge >= 0.3 is 0 Å². The molecule has 21 heavy (non-hydrogen) atoms. The summed E-state index contributed by atoms with van der Waals surface area (Å²) in [7, 11) is 1.99. The van der Waals surface area contributed by atoms with E-state index in [0.717, 1.165) is 17.3 Å². The summed E-state index contributed by atoms with van der Waals surface area (Å²) in [6.45, 7) is 5.66. The smallest absolute Gasteiger partial charge is 0.140 e. The second kappa shape index (κ2) is 6.16. The van der Waals surface area contributed by atoms with Crippen molar-refractivity contribution in [2.45, 2.75) is 45.8 Å². The van der Waals surface area contributed by atoms with Gasteiger partial charge in [0.05, 0.1) is 5.69 Å². The lowest BCUT2D eigenvalue weighted by Crippen LogP contribution is -2.05. The van der Waals surface area contributed by atoms with Gasteiger partial charge < -0.3 is 10.1 Å². The molecule has 3 nitrogen and oxygen atoms in total. The van der Waals surface area contributed by atoms with Gasteiger partial charge in [-0.3, -0.25) is 0 Å². The van der Waals surface area contributed by atoms with Crippen molar-refractivity contribution in [3.63, 3.8) is 0 Å². The van der Waals surface area contributed by atoms with Crippen LogP contribution in [0.1, 0.15) is 45.5 Å². The monoisotopic (exact) mass is 302 g/mol. The van der Waals surface area contributed by atoms with E-state index in [4.69, 9.17) is 9.72 Å². The Balaban J connectivity index is 1.74. The highest BCUT2D eigenvalue weighted by molar-refractivity contribution is 7.11. The molecule has 2 aromatic rings. The molecule has 0 saturated heterocycles. The first-order valence-corrected chi connectivity index (χ1v) is 8.32. The van der Waals surface area contributed by atoms with Gasteiger partial charge in [0.15, 0.2) is 0 Å². The second-order valence-corrected chi connectivity index (χ2v) is 6.90. The van der Waals surface area contributed by atoms with Crippen molar-refractivity contribution < 1.29 is 4.74 Å². The highest BCUT2D eigenvalue weighted by Gasteiger charge is 2.29. The summed E-state index contributed by atoms with van der Waals surface area (Å²) in [6, 6.07) is 6.25. The molecule has 0 amide bonds. The van der Waals surface area contributed by atoms with Gasteiger partial charge in [0.1, 0.15) is 17.4 Å². The van der Waals surface area contributed by atoms with E-state index in [-0.39, 0.29) is 0 Å². The fourth-order valence-electron chi connectivity index (χ4n) is 2.60. The number of aromatic nitrogens is 1. The largest absolute Gasteiger partial charge is 0.486 e. The first-order chi connectivity index (χ1) is 10.2. The minimum absolute atomic E-state index is 0.569. The Labute approximate surface area is 130 Å². The van der Waals surface area contributed by atoms with Crippen LogP contribution in [0.5, 0.6) is 5.75 Å². The van der Waals surface area contributed by atoms with Gasteiger partial charge in [-0.25, -0.2) is 4.98 Å². The molecule has 1 saturated carbocycles. The highest BCUT2D eigenvalue weighted by atomic mass is 32.1. The van der Waals surface area contributed by atoms with E-state index in [2.05, 4.69) is 37.4 Å². The second-order valence-electron chi connectivity index (χ2n) is 5.73. The third-order valence-corrected chi connectivity index (χ3v) is 4.87. The van der Waals surface area contributed by atoms with Crippen molar-refractivity contribution in [3.05, 3.63) is 44.9 Å². The van der Waals surface area contributed by atoms with Crippen molar-refractivity contribution in [1.82, 2.24) is 10.3 Å². The lowest BCUT2D eigenvalue weighted by atomic mass is 10.1. The van der Waals surface area contributed by atoms with Gasteiger partial charge in [0.25, 0.3) is 0 Å². The van der Waals surface area contributed by atoms with Gasteiger partial charge in [0.2, 0.25) is 0 Å². The van der Waals surface area contributed by atoms with E-state index < -0.39 is 0 Å². The van der Waals surface area contributed by atoms with Crippen LogP contribution in [0.2, 0.25) is 0 Å². The van der Waals surface area contributed by atoms with E-state index in [1.165, 1.54) is 34.5 Å². The molecule has 0 unspecified atom stereocenters. The van der Waals surface area contributed by atoms with Crippen molar-refractivity contribution in [2.75, 3.05) is 7.05 Å². The molecule has 1 heterocycles. The minimum Gasteiger partial charge on any atom is -0.486 e. The summed E-state index contributed by atoms with van der Waals surface area (Å²) in [5.41, 5.74) is 3.67. The molecule has 1 aromatic carbocycles. The van der Waals surface area contributed by atoms with Crippen LogP contribution in [0.25, 0.3) is 0 Å². The molecule has 0 atom stereocenters. The van der Waals surface area contributed by atoms with E-state index in [9.17, 15) is 0 Å². The Morgan fingerprint density at radius 3 is 2.62 bits per heavy atom. The van der Waals surface area contributed by atoms with Crippen LogP contribution in [0.4, 0.5) is 0 Å². The Bertz CT molecular complexity index is 611. The van der Waals surface area contributed by atoms with Crippen molar-refractivity contribution >= 4 is 11.3 Å². The van der Waals surface area contributed by atoms with Crippen LogP contribution in [0.3, 0.4) is 0 Å². The zero-order chi connectivity index (χ0) is 14.8. The summed E-state index contributed by atoms with van der Waals surface area (Å²) in [4.78, 5) is 6.19. The third-order valence-electron chi connectivity index (χ3n) is 3.82. The van der Waals surface area contributed by atoms with Crippen molar-refractivity contribution in [1.29, 1.82) is 0 Å². The van der Waals surface area contributed by atoms with Crippen LogP contribution >= 0.6 is 11.3 Å². The quantitative estimate of drug-likeness (QED) is 0.877. The predicted molar refractivity (Wildman–Crippen MR) is 87.1 cm³/mol. The zero-order valence-corrected chi connectivity index (χ0v) is 13.7.